The van der Waals surface area contributed by atoms with E-state index < -0.39 is 0 Å². The first-order valence-corrected chi connectivity index (χ1v) is 7.44. The summed E-state index contributed by atoms with van der Waals surface area (Å²) in [7, 11) is 0. The minimum absolute atomic E-state index is 0.194. The van der Waals surface area contributed by atoms with Crippen LogP contribution in [0, 0.1) is 5.82 Å². The topological polar surface area (TPSA) is 17.0 Å². The molecule has 0 bridgehead atoms. The lowest BCUT2D eigenvalue weighted by Crippen LogP contribution is -2.16. The summed E-state index contributed by atoms with van der Waals surface area (Å²) in [5, 5.41) is 3.46. The normalized spacial score (nSPS) is 10.8. The maximum atomic E-state index is 13.0. The number of benzene rings is 2. The molecule has 0 saturated heterocycles. The van der Waals surface area contributed by atoms with E-state index in [0.717, 1.165) is 25.2 Å². The van der Waals surface area contributed by atoms with Crippen molar-refractivity contribution in [3.05, 3.63) is 95.6 Å². The maximum Gasteiger partial charge on any atom is 0.123 e. The van der Waals surface area contributed by atoms with Crippen LogP contribution in [-0.4, -0.2) is 4.57 Å². The van der Waals surface area contributed by atoms with Crippen molar-refractivity contribution in [2.45, 2.75) is 19.6 Å². The van der Waals surface area contributed by atoms with Crippen molar-refractivity contribution in [1.82, 2.24) is 9.88 Å². The fourth-order valence-electron chi connectivity index (χ4n) is 2.48. The highest BCUT2D eigenvalue weighted by atomic mass is 19.1. The Bertz CT molecular complexity index is 702. The van der Waals surface area contributed by atoms with Gasteiger partial charge in [0.05, 0.1) is 0 Å². The largest absolute Gasteiger partial charge is 0.346 e. The van der Waals surface area contributed by atoms with Gasteiger partial charge in [-0.1, -0.05) is 42.5 Å². The van der Waals surface area contributed by atoms with Crippen molar-refractivity contribution >= 4 is 0 Å². The Morgan fingerprint density at radius 3 is 2.32 bits per heavy atom. The standard InChI is InChI=1S/C19H19FN2/c20-18-10-8-17(9-11-18)15-22-12-4-7-19(22)14-21-13-16-5-2-1-3-6-16/h1-12,21H,13-15H2. The molecule has 0 aliphatic rings. The molecule has 3 heteroatoms. The van der Waals surface area contributed by atoms with Crippen LogP contribution in [-0.2, 0) is 19.6 Å². The molecule has 0 fully saturated rings. The van der Waals surface area contributed by atoms with Crippen LogP contribution >= 0.6 is 0 Å². The molecular weight excluding hydrogens is 275 g/mol. The number of halogens is 1. The third-order valence-electron chi connectivity index (χ3n) is 3.67. The lowest BCUT2D eigenvalue weighted by Gasteiger charge is -2.11. The third kappa shape index (κ3) is 3.83. The first-order valence-electron chi connectivity index (χ1n) is 7.44. The summed E-state index contributed by atoms with van der Waals surface area (Å²) in [6.07, 6.45) is 2.06. The Morgan fingerprint density at radius 2 is 1.55 bits per heavy atom. The quantitative estimate of drug-likeness (QED) is 0.728. The SMILES string of the molecule is Fc1ccc(Cn2cccc2CNCc2ccccc2)cc1. The number of rotatable bonds is 6. The second-order valence-corrected chi connectivity index (χ2v) is 5.34. The van der Waals surface area contributed by atoms with Crippen molar-refractivity contribution in [2.24, 2.45) is 0 Å². The summed E-state index contributed by atoms with van der Waals surface area (Å²) in [6, 6.07) is 21.2. The first-order chi connectivity index (χ1) is 10.8. The molecule has 0 aliphatic heterocycles. The zero-order chi connectivity index (χ0) is 15.2. The van der Waals surface area contributed by atoms with E-state index in [9.17, 15) is 4.39 Å². The Balaban J connectivity index is 1.59. The highest BCUT2D eigenvalue weighted by molar-refractivity contribution is 5.19. The molecular formula is C19H19FN2. The molecule has 0 atom stereocenters. The van der Waals surface area contributed by atoms with Crippen LogP contribution in [0.5, 0.6) is 0 Å². The molecule has 0 aliphatic carbocycles. The molecule has 2 nitrogen and oxygen atoms in total. The van der Waals surface area contributed by atoms with E-state index in [1.807, 2.05) is 36.4 Å². The number of hydrogen-bond acceptors (Lipinski definition) is 1. The molecule has 3 rings (SSSR count). The average molecular weight is 294 g/mol. The Labute approximate surface area is 130 Å². The number of nitrogens with one attached hydrogen (secondary N) is 1. The van der Waals surface area contributed by atoms with Gasteiger partial charge in [-0.2, -0.15) is 0 Å². The van der Waals surface area contributed by atoms with Crippen LogP contribution < -0.4 is 5.32 Å². The number of hydrogen-bond donors (Lipinski definition) is 1. The zero-order valence-corrected chi connectivity index (χ0v) is 12.4. The van der Waals surface area contributed by atoms with E-state index in [2.05, 4.69) is 34.3 Å². The highest BCUT2D eigenvalue weighted by Gasteiger charge is 2.02. The zero-order valence-electron chi connectivity index (χ0n) is 12.4. The Hall–Kier alpha value is -2.39. The smallest absolute Gasteiger partial charge is 0.123 e. The van der Waals surface area contributed by atoms with E-state index in [1.54, 1.807) is 0 Å². The van der Waals surface area contributed by atoms with Gasteiger partial charge < -0.3 is 9.88 Å². The summed E-state index contributed by atoms with van der Waals surface area (Å²) in [5.41, 5.74) is 3.60. The van der Waals surface area contributed by atoms with Gasteiger partial charge in [0.1, 0.15) is 5.82 Å². The molecule has 0 radical (unpaired) electrons. The van der Waals surface area contributed by atoms with Gasteiger partial charge in [0.15, 0.2) is 0 Å². The molecule has 3 aromatic rings. The van der Waals surface area contributed by atoms with E-state index in [4.69, 9.17) is 0 Å². The average Bonchev–Trinajstić information content (AvgIpc) is 2.98. The second-order valence-electron chi connectivity index (χ2n) is 5.34. The van der Waals surface area contributed by atoms with Crippen molar-refractivity contribution in [3.8, 4) is 0 Å². The van der Waals surface area contributed by atoms with Crippen molar-refractivity contribution in [1.29, 1.82) is 0 Å². The number of aromatic nitrogens is 1. The Morgan fingerprint density at radius 1 is 0.773 bits per heavy atom. The monoisotopic (exact) mass is 294 g/mol. The van der Waals surface area contributed by atoms with Crippen LogP contribution in [0.2, 0.25) is 0 Å². The van der Waals surface area contributed by atoms with E-state index >= 15 is 0 Å². The van der Waals surface area contributed by atoms with Crippen molar-refractivity contribution < 1.29 is 4.39 Å². The highest BCUT2D eigenvalue weighted by Crippen LogP contribution is 2.09. The lowest BCUT2D eigenvalue weighted by molar-refractivity contribution is 0.623. The van der Waals surface area contributed by atoms with Gasteiger partial charge in [-0.15, -0.1) is 0 Å². The van der Waals surface area contributed by atoms with Crippen LogP contribution in [0.15, 0.2) is 72.9 Å². The van der Waals surface area contributed by atoms with Gasteiger partial charge in [0.25, 0.3) is 0 Å². The van der Waals surface area contributed by atoms with Gasteiger partial charge in [0, 0.05) is 31.5 Å². The molecule has 1 aromatic heterocycles. The fourth-order valence-corrected chi connectivity index (χ4v) is 2.48. The summed E-state index contributed by atoms with van der Waals surface area (Å²) in [6.45, 7) is 2.42. The molecule has 0 amide bonds. The number of nitrogens with zero attached hydrogens (tertiary/aromatic N) is 1. The summed E-state index contributed by atoms with van der Waals surface area (Å²) >= 11 is 0. The Kier molecular flexibility index (Phi) is 4.66. The predicted molar refractivity (Wildman–Crippen MR) is 86.9 cm³/mol. The maximum absolute atomic E-state index is 13.0. The van der Waals surface area contributed by atoms with Crippen molar-refractivity contribution in [3.63, 3.8) is 0 Å². The van der Waals surface area contributed by atoms with Crippen molar-refractivity contribution in [2.75, 3.05) is 0 Å². The van der Waals surface area contributed by atoms with E-state index in [0.29, 0.717) is 0 Å². The van der Waals surface area contributed by atoms with Crippen LogP contribution in [0.1, 0.15) is 16.8 Å². The third-order valence-corrected chi connectivity index (χ3v) is 3.67. The molecule has 0 spiro atoms. The van der Waals surface area contributed by atoms with Gasteiger partial charge in [-0.3, -0.25) is 0 Å². The van der Waals surface area contributed by atoms with E-state index in [1.165, 1.54) is 23.4 Å². The molecule has 1 N–H and O–H groups in total. The molecule has 22 heavy (non-hydrogen) atoms. The van der Waals surface area contributed by atoms with Crippen LogP contribution in [0.4, 0.5) is 4.39 Å². The second kappa shape index (κ2) is 7.05. The molecule has 0 unspecified atom stereocenters. The van der Waals surface area contributed by atoms with E-state index in [-0.39, 0.29) is 5.82 Å². The minimum atomic E-state index is -0.194. The predicted octanol–water partition coefficient (Wildman–Crippen LogP) is 3.97. The summed E-state index contributed by atoms with van der Waals surface area (Å²) in [5.74, 6) is -0.194. The van der Waals surface area contributed by atoms with Gasteiger partial charge >= 0.3 is 0 Å². The van der Waals surface area contributed by atoms with Gasteiger partial charge in [0.2, 0.25) is 0 Å². The fraction of sp³-hybridized carbons (Fsp3) is 0.158. The van der Waals surface area contributed by atoms with Gasteiger partial charge in [-0.25, -0.2) is 4.39 Å². The van der Waals surface area contributed by atoms with Gasteiger partial charge in [-0.05, 0) is 35.4 Å². The molecule has 2 aromatic carbocycles. The summed E-state index contributed by atoms with van der Waals surface area (Å²) in [4.78, 5) is 0. The molecule has 1 heterocycles. The van der Waals surface area contributed by atoms with Crippen LogP contribution in [0.3, 0.4) is 0 Å². The minimum Gasteiger partial charge on any atom is -0.346 e. The van der Waals surface area contributed by atoms with Crippen LogP contribution in [0.25, 0.3) is 0 Å². The summed E-state index contributed by atoms with van der Waals surface area (Å²) < 4.78 is 15.1. The lowest BCUT2D eigenvalue weighted by atomic mass is 10.2. The molecule has 112 valence electrons. The molecule has 0 saturated carbocycles. The first kappa shape index (κ1) is 14.5.